The van der Waals surface area contributed by atoms with Gasteiger partial charge in [-0.3, -0.25) is 0 Å². The Morgan fingerprint density at radius 2 is 1.90 bits per heavy atom. The third kappa shape index (κ3) is 1.76. The van der Waals surface area contributed by atoms with E-state index in [4.69, 9.17) is 5.73 Å². The largest absolute Gasteiger partial charge is 0.366 e. The highest BCUT2D eigenvalue weighted by Gasteiger charge is 2.12. The lowest BCUT2D eigenvalue weighted by Crippen LogP contribution is -2.02. The van der Waals surface area contributed by atoms with E-state index in [0.29, 0.717) is 5.95 Å². The van der Waals surface area contributed by atoms with E-state index in [1.54, 1.807) is 4.52 Å². The van der Waals surface area contributed by atoms with Gasteiger partial charge in [-0.25, -0.2) is 4.52 Å². The normalized spacial score (nSPS) is 14.4. The summed E-state index contributed by atoms with van der Waals surface area (Å²) >= 11 is 0. The number of nitrogens with two attached hydrogens (primary N) is 1. The molecule has 100 valence electrons. The molecule has 1 aliphatic carbocycles. The summed E-state index contributed by atoms with van der Waals surface area (Å²) in [5.74, 6) is 0.315. The van der Waals surface area contributed by atoms with Gasteiger partial charge in [0.1, 0.15) is 0 Å². The molecule has 3 aromatic rings. The standard InChI is InChI=1S/C16H16N4/c17-16-18-15-14(6-3-9-20(15)19-16)13-8-7-11-4-1-2-5-12(11)10-13/h3,6-10H,1-2,4-5H2,(H2,17,19). The molecule has 0 unspecified atom stereocenters. The van der Waals surface area contributed by atoms with Crippen LogP contribution in [0.1, 0.15) is 24.0 Å². The van der Waals surface area contributed by atoms with Gasteiger partial charge in [0, 0.05) is 11.8 Å². The van der Waals surface area contributed by atoms with Crippen molar-refractivity contribution in [1.29, 1.82) is 0 Å². The molecule has 0 atom stereocenters. The minimum absolute atomic E-state index is 0.315. The summed E-state index contributed by atoms with van der Waals surface area (Å²) in [6.45, 7) is 0. The van der Waals surface area contributed by atoms with E-state index in [2.05, 4.69) is 34.3 Å². The summed E-state index contributed by atoms with van der Waals surface area (Å²) in [6, 6.07) is 10.8. The van der Waals surface area contributed by atoms with Crippen LogP contribution in [0.2, 0.25) is 0 Å². The van der Waals surface area contributed by atoms with Crippen molar-refractivity contribution in [3.63, 3.8) is 0 Å². The van der Waals surface area contributed by atoms with Crippen LogP contribution in [0.25, 0.3) is 16.8 Å². The second kappa shape index (κ2) is 4.34. The lowest BCUT2D eigenvalue weighted by atomic mass is 9.89. The van der Waals surface area contributed by atoms with Gasteiger partial charge in [0.15, 0.2) is 5.65 Å². The first-order valence-electron chi connectivity index (χ1n) is 7.04. The van der Waals surface area contributed by atoms with Crippen LogP contribution in [0.5, 0.6) is 0 Å². The van der Waals surface area contributed by atoms with Crippen molar-refractivity contribution in [1.82, 2.24) is 14.6 Å². The first kappa shape index (κ1) is 11.5. The number of nitrogens with zero attached hydrogens (tertiary/aromatic N) is 3. The van der Waals surface area contributed by atoms with Crippen LogP contribution in [0, 0.1) is 0 Å². The number of benzene rings is 1. The van der Waals surface area contributed by atoms with Gasteiger partial charge in [-0.15, -0.1) is 5.10 Å². The molecular formula is C16H16N4. The molecule has 0 spiro atoms. The first-order valence-corrected chi connectivity index (χ1v) is 7.04. The molecular weight excluding hydrogens is 248 g/mol. The molecule has 0 radical (unpaired) electrons. The fourth-order valence-corrected chi connectivity index (χ4v) is 3.05. The number of rotatable bonds is 1. The van der Waals surface area contributed by atoms with E-state index in [1.807, 2.05) is 12.3 Å². The molecule has 2 N–H and O–H groups in total. The molecule has 0 saturated carbocycles. The van der Waals surface area contributed by atoms with Gasteiger partial charge in [0.2, 0.25) is 5.95 Å². The van der Waals surface area contributed by atoms with E-state index in [-0.39, 0.29) is 0 Å². The average molecular weight is 264 g/mol. The van der Waals surface area contributed by atoms with Crippen LogP contribution in [0.4, 0.5) is 5.95 Å². The Bertz CT molecular complexity index is 788. The van der Waals surface area contributed by atoms with Crippen LogP contribution in [-0.4, -0.2) is 14.6 Å². The predicted octanol–water partition coefficient (Wildman–Crippen LogP) is 2.86. The molecule has 4 nitrogen and oxygen atoms in total. The molecule has 0 fully saturated rings. The third-order valence-electron chi connectivity index (χ3n) is 4.04. The number of anilines is 1. The minimum Gasteiger partial charge on any atom is -0.366 e. The Morgan fingerprint density at radius 1 is 1.05 bits per heavy atom. The number of fused-ring (bicyclic) bond motifs is 2. The highest BCUT2D eigenvalue weighted by Crippen LogP contribution is 2.29. The van der Waals surface area contributed by atoms with Crippen molar-refractivity contribution in [2.45, 2.75) is 25.7 Å². The number of hydrogen-bond acceptors (Lipinski definition) is 3. The maximum Gasteiger partial charge on any atom is 0.240 e. The van der Waals surface area contributed by atoms with Crippen LogP contribution in [0.3, 0.4) is 0 Å². The van der Waals surface area contributed by atoms with Crippen molar-refractivity contribution in [3.05, 3.63) is 47.7 Å². The Kier molecular flexibility index (Phi) is 2.49. The fraction of sp³-hybridized carbons (Fsp3) is 0.250. The van der Waals surface area contributed by atoms with E-state index >= 15 is 0 Å². The van der Waals surface area contributed by atoms with Crippen molar-refractivity contribution in [3.8, 4) is 11.1 Å². The van der Waals surface area contributed by atoms with E-state index in [0.717, 1.165) is 11.2 Å². The van der Waals surface area contributed by atoms with E-state index in [1.165, 1.54) is 42.4 Å². The van der Waals surface area contributed by atoms with Crippen LogP contribution < -0.4 is 5.73 Å². The zero-order valence-corrected chi connectivity index (χ0v) is 11.2. The third-order valence-corrected chi connectivity index (χ3v) is 4.04. The van der Waals surface area contributed by atoms with Gasteiger partial charge in [-0.1, -0.05) is 18.2 Å². The lowest BCUT2D eigenvalue weighted by Gasteiger charge is -2.16. The molecule has 20 heavy (non-hydrogen) atoms. The maximum atomic E-state index is 5.71. The smallest absolute Gasteiger partial charge is 0.240 e. The monoisotopic (exact) mass is 264 g/mol. The SMILES string of the molecule is Nc1nc2c(-c3ccc4c(c3)CCCC4)cccn2n1. The van der Waals surface area contributed by atoms with Gasteiger partial charge in [-0.05, 0) is 54.5 Å². The topological polar surface area (TPSA) is 56.2 Å². The summed E-state index contributed by atoms with van der Waals surface area (Å²) in [7, 11) is 0. The zero-order valence-electron chi connectivity index (χ0n) is 11.2. The summed E-state index contributed by atoms with van der Waals surface area (Å²) in [4.78, 5) is 4.33. The quantitative estimate of drug-likeness (QED) is 0.735. The van der Waals surface area contributed by atoms with Gasteiger partial charge in [-0.2, -0.15) is 4.98 Å². The van der Waals surface area contributed by atoms with E-state index in [9.17, 15) is 0 Å². The van der Waals surface area contributed by atoms with Crippen molar-refractivity contribution in [2.75, 3.05) is 5.73 Å². The van der Waals surface area contributed by atoms with Crippen LogP contribution >= 0.6 is 0 Å². The summed E-state index contributed by atoms with van der Waals surface area (Å²) in [5.41, 5.74) is 11.8. The Morgan fingerprint density at radius 3 is 2.80 bits per heavy atom. The molecule has 4 rings (SSSR count). The minimum atomic E-state index is 0.315. The average Bonchev–Trinajstić information content (AvgIpc) is 2.86. The Hall–Kier alpha value is -2.36. The highest BCUT2D eigenvalue weighted by molar-refractivity contribution is 5.78. The number of hydrogen-bond donors (Lipinski definition) is 1. The molecule has 2 heterocycles. The maximum absolute atomic E-state index is 5.71. The van der Waals surface area contributed by atoms with Crippen molar-refractivity contribution < 1.29 is 0 Å². The van der Waals surface area contributed by atoms with Crippen LogP contribution in [-0.2, 0) is 12.8 Å². The highest BCUT2D eigenvalue weighted by atomic mass is 15.3. The molecule has 1 aromatic carbocycles. The summed E-state index contributed by atoms with van der Waals surface area (Å²) < 4.78 is 1.74. The second-order valence-corrected chi connectivity index (χ2v) is 5.35. The van der Waals surface area contributed by atoms with Crippen molar-refractivity contribution >= 4 is 11.6 Å². The second-order valence-electron chi connectivity index (χ2n) is 5.35. The fourth-order valence-electron chi connectivity index (χ4n) is 3.05. The predicted molar refractivity (Wildman–Crippen MR) is 79.5 cm³/mol. The summed E-state index contributed by atoms with van der Waals surface area (Å²) in [6.07, 6.45) is 6.86. The molecule has 0 saturated heterocycles. The zero-order chi connectivity index (χ0) is 13.5. The Labute approximate surface area is 117 Å². The molecule has 0 amide bonds. The van der Waals surface area contributed by atoms with Gasteiger partial charge >= 0.3 is 0 Å². The number of pyridine rings is 1. The summed E-state index contributed by atoms with van der Waals surface area (Å²) in [5, 5.41) is 4.17. The van der Waals surface area contributed by atoms with Gasteiger partial charge in [0.05, 0.1) is 0 Å². The first-order chi connectivity index (χ1) is 9.81. The lowest BCUT2D eigenvalue weighted by molar-refractivity contribution is 0.686. The number of nitrogen functional groups attached to an aromatic ring is 1. The van der Waals surface area contributed by atoms with Crippen molar-refractivity contribution in [2.24, 2.45) is 0 Å². The van der Waals surface area contributed by atoms with Crippen LogP contribution in [0.15, 0.2) is 36.5 Å². The van der Waals surface area contributed by atoms with Gasteiger partial charge < -0.3 is 5.73 Å². The molecule has 0 bridgehead atoms. The number of aryl methyl sites for hydroxylation is 2. The molecule has 0 aliphatic heterocycles. The number of aromatic nitrogens is 3. The molecule has 2 aromatic heterocycles. The van der Waals surface area contributed by atoms with Gasteiger partial charge in [0.25, 0.3) is 0 Å². The van der Waals surface area contributed by atoms with E-state index < -0.39 is 0 Å². The Balaban J connectivity index is 1.90. The molecule has 4 heteroatoms. The molecule has 1 aliphatic rings.